The van der Waals surface area contributed by atoms with Gasteiger partial charge >= 0.3 is 0 Å². The molecule has 0 bridgehead atoms. The predicted molar refractivity (Wildman–Crippen MR) is 72.8 cm³/mol. The van der Waals surface area contributed by atoms with Crippen molar-refractivity contribution in [3.8, 4) is 0 Å². The molecule has 2 aromatic heterocycles. The van der Waals surface area contributed by atoms with Crippen molar-refractivity contribution in [3.05, 3.63) is 47.6 Å². The normalized spacial score (nSPS) is 10.8. The van der Waals surface area contributed by atoms with Crippen LogP contribution in [0.25, 0.3) is 11.1 Å². The topological polar surface area (TPSA) is 63.8 Å². The molecule has 96 valence electrons. The maximum absolute atomic E-state index is 5.67. The Bertz CT molecular complexity index is 720. The Labute approximate surface area is 110 Å². The lowest BCUT2D eigenvalue weighted by Crippen LogP contribution is -2.04. The summed E-state index contributed by atoms with van der Waals surface area (Å²) in [5.41, 5.74) is 3.75. The predicted octanol–water partition coefficient (Wildman–Crippen LogP) is 2.85. The summed E-state index contributed by atoms with van der Waals surface area (Å²) in [6.07, 6.45) is 1.72. The van der Waals surface area contributed by atoms with Crippen LogP contribution in [0.1, 0.15) is 17.1 Å². The average molecular weight is 254 g/mol. The van der Waals surface area contributed by atoms with Gasteiger partial charge in [0, 0.05) is 11.9 Å². The highest BCUT2D eigenvalue weighted by Crippen LogP contribution is 2.19. The second-order valence-corrected chi connectivity index (χ2v) is 4.40. The zero-order valence-corrected chi connectivity index (χ0v) is 10.8. The van der Waals surface area contributed by atoms with E-state index in [2.05, 4.69) is 20.3 Å². The molecule has 1 aromatic carbocycles. The van der Waals surface area contributed by atoms with Crippen molar-refractivity contribution in [2.75, 3.05) is 5.32 Å². The Balaban J connectivity index is 1.80. The second-order valence-electron chi connectivity index (χ2n) is 4.40. The van der Waals surface area contributed by atoms with E-state index < -0.39 is 0 Å². The van der Waals surface area contributed by atoms with Gasteiger partial charge in [-0.2, -0.15) is 0 Å². The number of fused-ring (bicyclic) bond motifs is 1. The van der Waals surface area contributed by atoms with Gasteiger partial charge in [-0.05, 0) is 31.5 Å². The molecule has 0 aliphatic carbocycles. The number of nitrogens with one attached hydrogen (secondary N) is 1. The maximum atomic E-state index is 5.67. The molecular formula is C14H14N4O. The lowest BCUT2D eigenvalue weighted by molar-refractivity contribution is 0.539. The second kappa shape index (κ2) is 4.68. The van der Waals surface area contributed by atoms with E-state index in [0.717, 1.165) is 22.4 Å². The Morgan fingerprint density at radius 2 is 2.05 bits per heavy atom. The number of oxazole rings is 1. The van der Waals surface area contributed by atoms with Gasteiger partial charge in [0.1, 0.15) is 5.52 Å². The summed E-state index contributed by atoms with van der Waals surface area (Å²) in [5, 5.41) is 3.10. The number of rotatable bonds is 3. The minimum absolute atomic E-state index is 0.470. The van der Waals surface area contributed by atoms with Gasteiger partial charge < -0.3 is 9.73 Å². The molecule has 5 nitrogen and oxygen atoms in total. The first-order chi connectivity index (χ1) is 9.22. The maximum Gasteiger partial charge on any atom is 0.223 e. The summed E-state index contributed by atoms with van der Waals surface area (Å²) in [6.45, 7) is 4.42. The Kier molecular flexibility index (Phi) is 2.87. The van der Waals surface area contributed by atoms with Gasteiger partial charge in [0.2, 0.25) is 11.8 Å². The molecule has 0 amide bonds. The minimum Gasteiger partial charge on any atom is -0.439 e. The van der Waals surface area contributed by atoms with Crippen molar-refractivity contribution in [1.82, 2.24) is 15.0 Å². The minimum atomic E-state index is 0.470. The summed E-state index contributed by atoms with van der Waals surface area (Å²) < 4.78 is 5.67. The standard InChI is InChI=1S/C14H14N4O/c1-9-4-3-5-11-13(9)18-12(19-11)8-16-14-15-7-6-10(2)17-14/h3-7H,8H2,1-2H3,(H,15,16,17). The largest absolute Gasteiger partial charge is 0.439 e. The first-order valence-electron chi connectivity index (χ1n) is 6.11. The van der Waals surface area contributed by atoms with Crippen LogP contribution < -0.4 is 5.32 Å². The highest BCUT2D eigenvalue weighted by molar-refractivity contribution is 5.76. The Morgan fingerprint density at radius 3 is 2.84 bits per heavy atom. The van der Waals surface area contributed by atoms with Gasteiger partial charge in [0.25, 0.3) is 0 Å². The van der Waals surface area contributed by atoms with Crippen LogP contribution in [-0.4, -0.2) is 15.0 Å². The van der Waals surface area contributed by atoms with Crippen molar-refractivity contribution in [2.24, 2.45) is 0 Å². The SMILES string of the molecule is Cc1ccnc(NCc2nc3c(C)cccc3o2)n1. The monoisotopic (exact) mass is 254 g/mol. The zero-order valence-electron chi connectivity index (χ0n) is 10.8. The van der Waals surface area contributed by atoms with Crippen LogP contribution in [0.15, 0.2) is 34.9 Å². The molecule has 2 heterocycles. The number of aryl methyl sites for hydroxylation is 2. The van der Waals surface area contributed by atoms with Crippen LogP contribution in [-0.2, 0) is 6.54 Å². The van der Waals surface area contributed by atoms with E-state index in [1.807, 2.05) is 38.1 Å². The van der Waals surface area contributed by atoms with E-state index in [4.69, 9.17) is 4.42 Å². The zero-order chi connectivity index (χ0) is 13.2. The molecule has 0 aliphatic heterocycles. The molecule has 1 N–H and O–H groups in total. The summed E-state index contributed by atoms with van der Waals surface area (Å²) in [6, 6.07) is 7.76. The van der Waals surface area contributed by atoms with Crippen LogP contribution in [0.4, 0.5) is 5.95 Å². The van der Waals surface area contributed by atoms with Gasteiger partial charge in [-0.15, -0.1) is 0 Å². The van der Waals surface area contributed by atoms with E-state index >= 15 is 0 Å². The number of aromatic nitrogens is 3. The summed E-state index contributed by atoms with van der Waals surface area (Å²) >= 11 is 0. The van der Waals surface area contributed by atoms with Gasteiger partial charge in [0.05, 0.1) is 6.54 Å². The smallest absolute Gasteiger partial charge is 0.223 e. The third kappa shape index (κ3) is 2.40. The number of anilines is 1. The van der Waals surface area contributed by atoms with Gasteiger partial charge in [-0.3, -0.25) is 0 Å². The van der Waals surface area contributed by atoms with Gasteiger partial charge in [0.15, 0.2) is 5.58 Å². The summed E-state index contributed by atoms with van der Waals surface area (Å²) in [4.78, 5) is 12.9. The molecule has 0 unspecified atom stereocenters. The molecule has 3 aromatic rings. The molecule has 3 rings (SSSR count). The summed E-state index contributed by atoms with van der Waals surface area (Å²) in [5.74, 6) is 1.22. The lowest BCUT2D eigenvalue weighted by Gasteiger charge is -2.01. The number of para-hydroxylation sites is 1. The van der Waals surface area contributed by atoms with Gasteiger partial charge in [-0.25, -0.2) is 15.0 Å². The van der Waals surface area contributed by atoms with Crippen LogP contribution in [0.5, 0.6) is 0 Å². The quantitative estimate of drug-likeness (QED) is 0.778. The molecule has 0 saturated carbocycles. The van der Waals surface area contributed by atoms with E-state index in [0.29, 0.717) is 18.4 Å². The number of hydrogen-bond donors (Lipinski definition) is 1. The third-order valence-corrected chi connectivity index (χ3v) is 2.86. The first-order valence-corrected chi connectivity index (χ1v) is 6.11. The molecule has 0 atom stereocenters. The Morgan fingerprint density at radius 1 is 1.16 bits per heavy atom. The lowest BCUT2D eigenvalue weighted by atomic mass is 10.2. The number of nitrogens with zero attached hydrogens (tertiary/aromatic N) is 3. The summed E-state index contributed by atoms with van der Waals surface area (Å²) in [7, 11) is 0. The highest BCUT2D eigenvalue weighted by atomic mass is 16.3. The highest BCUT2D eigenvalue weighted by Gasteiger charge is 2.07. The van der Waals surface area contributed by atoms with Crippen LogP contribution in [0.3, 0.4) is 0 Å². The molecule has 0 radical (unpaired) electrons. The van der Waals surface area contributed by atoms with Crippen LogP contribution in [0, 0.1) is 13.8 Å². The van der Waals surface area contributed by atoms with Gasteiger partial charge in [-0.1, -0.05) is 12.1 Å². The molecular weight excluding hydrogens is 240 g/mol. The number of benzene rings is 1. The molecule has 0 fully saturated rings. The molecule has 0 aliphatic rings. The first kappa shape index (κ1) is 11.6. The fraction of sp³-hybridized carbons (Fsp3) is 0.214. The van der Waals surface area contributed by atoms with Crippen LogP contribution in [0.2, 0.25) is 0 Å². The number of hydrogen-bond acceptors (Lipinski definition) is 5. The molecule has 0 saturated heterocycles. The van der Waals surface area contributed by atoms with E-state index in [1.165, 1.54) is 0 Å². The van der Waals surface area contributed by atoms with Crippen LogP contribution >= 0.6 is 0 Å². The molecule has 19 heavy (non-hydrogen) atoms. The third-order valence-electron chi connectivity index (χ3n) is 2.86. The Hall–Kier alpha value is -2.43. The van der Waals surface area contributed by atoms with Crippen molar-refractivity contribution < 1.29 is 4.42 Å². The fourth-order valence-corrected chi connectivity index (χ4v) is 1.90. The van der Waals surface area contributed by atoms with Crippen molar-refractivity contribution in [2.45, 2.75) is 20.4 Å². The molecule has 5 heteroatoms. The van der Waals surface area contributed by atoms with E-state index in [1.54, 1.807) is 6.20 Å². The molecule has 0 spiro atoms. The van der Waals surface area contributed by atoms with Crippen molar-refractivity contribution in [3.63, 3.8) is 0 Å². The van der Waals surface area contributed by atoms with E-state index in [-0.39, 0.29) is 0 Å². The van der Waals surface area contributed by atoms with Crippen molar-refractivity contribution >= 4 is 17.0 Å². The fourth-order valence-electron chi connectivity index (χ4n) is 1.90. The van der Waals surface area contributed by atoms with E-state index in [9.17, 15) is 0 Å². The van der Waals surface area contributed by atoms with Crippen molar-refractivity contribution in [1.29, 1.82) is 0 Å². The average Bonchev–Trinajstić information content (AvgIpc) is 2.81.